The van der Waals surface area contributed by atoms with Gasteiger partial charge in [-0.15, -0.1) is 11.6 Å². The molecule has 0 spiro atoms. The summed E-state index contributed by atoms with van der Waals surface area (Å²) in [6.07, 6.45) is 11.9. The smallest absolute Gasteiger partial charge is 0.115 e. The van der Waals surface area contributed by atoms with Crippen LogP contribution in [0.1, 0.15) is 32.1 Å². The summed E-state index contributed by atoms with van der Waals surface area (Å²) in [7, 11) is -1.72. The molecular weight excluding hydrogens is 518 g/mol. The zero-order chi connectivity index (χ0) is 20.2. The summed E-state index contributed by atoms with van der Waals surface area (Å²) in [6.45, 7) is 0. The van der Waals surface area contributed by atoms with Gasteiger partial charge in [-0.3, -0.25) is 0 Å². The predicted octanol–water partition coefficient (Wildman–Crippen LogP) is 3.73. The Morgan fingerprint density at radius 3 is 1.43 bits per heavy atom. The van der Waals surface area contributed by atoms with Crippen LogP contribution in [0.2, 0.25) is 0 Å². The molecule has 0 heterocycles. The van der Waals surface area contributed by atoms with Crippen molar-refractivity contribution in [3.8, 4) is 0 Å². The van der Waals surface area contributed by atoms with Crippen LogP contribution < -0.4 is 39.9 Å². The van der Waals surface area contributed by atoms with Gasteiger partial charge in [0.2, 0.25) is 0 Å². The molecule has 3 rings (SSSR count). The fraction of sp³-hybridized carbons (Fsp3) is 0.259. The van der Waals surface area contributed by atoms with Gasteiger partial charge in [0.15, 0.2) is 0 Å². The number of benzene rings is 3. The van der Waals surface area contributed by atoms with Crippen molar-refractivity contribution in [1.82, 2.24) is 0 Å². The SMILES string of the molecule is ClCCCCCCC=CC[P+](c1ccccc1)(c1ccccc1)c1ccccc1.[I-]. The van der Waals surface area contributed by atoms with Crippen molar-refractivity contribution < 1.29 is 24.0 Å². The lowest BCUT2D eigenvalue weighted by Gasteiger charge is -2.26. The van der Waals surface area contributed by atoms with E-state index in [0.717, 1.165) is 24.9 Å². The molecule has 0 atom stereocenters. The Kier molecular flexibility index (Phi) is 11.7. The van der Waals surface area contributed by atoms with Crippen molar-refractivity contribution >= 4 is 34.8 Å². The zero-order valence-corrected chi connectivity index (χ0v) is 21.3. The summed E-state index contributed by atoms with van der Waals surface area (Å²) >= 11 is 5.78. The molecule has 3 heteroatoms. The van der Waals surface area contributed by atoms with E-state index in [4.69, 9.17) is 11.6 Å². The summed E-state index contributed by atoms with van der Waals surface area (Å²) in [6, 6.07) is 33.3. The molecule has 0 nitrogen and oxygen atoms in total. The fourth-order valence-corrected chi connectivity index (χ4v) is 8.10. The van der Waals surface area contributed by atoms with Gasteiger partial charge in [0.1, 0.15) is 23.2 Å². The molecule has 0 radical (unpaired) electrons. The first kappa shape index (κ1) is 25.1. The van der Waals surface area contributed by atoms with Gasteiger partial charge in [-0.05, 0) is 55.7 Å². The number of rotatable bonds is 11. The molecule has 0 unspecified atom stereocenters. The van der Waals surface area contributed by atoms with Gasteiger partial charge in [0.05, 0.1) is 6.16 Å². The monoisotopic (exact) mass is 548 g/mol. The van der Waals surface area contributed by atoms with Crippen molar-refractivity contribution in [2.45, 2.75) is 32.1 Å². The van der Waals surface area contributed by atoms with E-state index in [1.54, 1.807) is 0 Å². The zero-order valence-electron chi connectivity index (χ0n) is 17.5. The molecular formula is C27H31ClIP. The second kappa shape index (κ2) is 14.0. The minimum atomic E-state index is -1.72. The molecule has 0 N–H and O–H groups in total. The van der Waals surface area contributed by atoms with Crippen LogP contribution in [0.3, 0.4) is 0 Å². The van der Waals surface area contributed by atoms with Gasteiger partial charge in [0.25, 0.3) is 0 Å². The Morgan fingerprint density at radius 1 is 0.567 bits per heavy atom. The second-order valence-electron chi connectivity index (χ2n) is 7.36. The van der Waals surface area contributed by atoms with Gasteiger partial charge in [0, 0.05) is 5.88 Å². The first-order valence-corrected chi connectivity index (χ1v) is 13.1. The van der Waals surface area contributed by atoms with Gasteiger partial charge >= 0.3 is 0 Å². The van der Waals surface area contributed by atoms with Gasteiger partial charge < -0.3 is 24.0 Å². The second-order valence-corrected chi connectivity index (χ2v) is 11.3. The summed E-state index contributed by atoms with van der Waals surface area (Å²) in [4.78, 5) is 0. The van der Waals surface area contributed by atoms with Crippen LogP contribution in [-0.2, 0) is 0 Å². The van der Waals surface area contributed by atoms with Crippen LogP contribution in [-0.4, -0.2) is 12.0 Å². The summed E-state index contributed by atoms with van der Waals surface area (Å²) in [5, 5.41) is 4.34. The molecule has 0 saturated heterocycles. The van der Waals surface area contributed by atoms with E-state index in [-0.39, 0.29) is 24.0 Å². The number of hydrogen-bond donors (Lipinski definition) is 0. The van der Waals surface area contributed by atoms with Crippen molar-refractivity contribution in [1.29, 1.82) is 0 Å². The van der Waals surface area contributed by atoms with Gasteiger partial charge in [-0.25, -0.2) is 0 Å². The first-order chi connectivity index (χ1) is 14.4. The van der Waals surface area contributed by atoms with E-state index < -0.39 is 7.26 Å². The maximum Gasteiger partial charge on any atom is 0.115 e. The molecule has 0 fully saturated rings. The molecule has 0 aliphatic rings. The highest BCUT2D eigenvalue weighted by Crippen LogP contribution is 2.55. The lowest BCUT2D eigenvalue weighted by atomic mass is 10.1. The van der Waals surface area contributed by atoms with Gasteiger partial charge in [-0.2, -0.15) is 0 Å². The molecule has 0 saturated carbocycles. The largest absolute Gasteiger partial charge is 1.00 e. The number of halogens is 2. The predicted molar refractivity (Wildman–Crippen MR) is 133 cm³/mol. The van der Waals surface area contributed by atoms with Crippen LogP contribution in [0.25, 0.3) is 0 Å². The van der Waals surface area contributed by atoms with Crippen molar-refractivity contribution in [3.63, 3.8) is 0 Å². The summed E-state index contributed by atoms with van der Waals surface area (Å²) < 4.78 is 0. The molecule has 0 aliphatic heterocycles. The average Bonchev–Trinajstić information content (AvgIpc) is 2.80. The van der Waals surface area contributed by atoms with E-state index in [1.807, 2.05) is 0 Å². The van der Waals surface area contributed by atoms with E-state index in [0.29, 0.717) is 0 Å². The number of hydrogen-bond acceptors (Lipinski definition) is 0. The molecule has 3 aromatic rings. The third-order valence-corrected chi connectivity index (χ3v) is 9.96. The standard InChI is InChI=1S/C27H31ClP.HI/c28-23-15-4-2-1-3-5-16-24-29(25-17-9-6-10-18-25,26-19-11-7-12-20-26)27-21-13-8-14-22-27;/h5-14,16-22H,1-4,15,23-24H2;1H/q+1;/p-1. The fourth-order valence-electron chi connectivity index (χ4n) is 3.87. The maximum atomic E-state index is 5.78. The van der Waals surface area contributed by atoms with Crippen LogP contribution in [0.5, 0.6) is 0 Å². The maximum absolute atomic E-state index is 5.78. The number of unbranched alkanes of at least 4 members (excludes halogenated alkanes) is 4. The van der Waals surface area contributed by atoms with Crippen LogP contribution in [0, 0.1) is 0 Å². The Hall–Kier alpha value is -1.15. The highest BCUT2D eigenvalue weighted by molar-refractivity contribution is 7.95. The molecule has 0 amide bonds. The Labute approximate surface area is 205 Å². The van der Waals surface area contributed by atoms with E-state index in [2.05, 4.69) is 103 Å². The van der Waals surface area contributed by atoms with Crippen LogP contribution >= 0.6 is 18.9 Å². The summed E-state index contributed by atoms with van der Waals surface area (Å²) in [5.74, 6) is 0.786. The quantitative estimate of drug-likeness (QED) is 0.113. The lowest BCUT2D eigenvalue weighted by molar-refractivity contribution is -0.00000566. The molecule has 30 heavy (non-hydrogen) atoms. The van der Waals surface area contributed by atoms with E-state index in [9.17, 15) is 0 Å². The Bertz CT molecular complexity index is 753. The Morgan fingerprint density at radius 2 is 1.00 bits per heavy atom. The van der Waals surface area contributed by atoms with Crippen LogP contribution in [0.4, 0.5) is 0 Å². The average molecular weight is 549 g/mol. The Balaban J connectivity index is 0.00000320. The van der Waals surface area contributed by atoms with Crippen molar-refractivity contribution in [3.05, 3.63) is 103 Å². The normalized spacial score (nSPS) is 11.4. The van der Waals surface area contributed by atoms with Crippen molar-refractivity contribution in [2.75, 3.05) is 12.0 Å². The molecule has 0 aromatic heterocycles. The topological polar surface area (TPSA) is 0 Å². The lowest BCUT2D eigenvalue weighted by Crippen LogP contribution is -3.00. The number of allylic oxidation sites excluding steroid dienone is 2. The highest BCUT2D eigenvalue weighted by atomic mass is 127. The van der Waals surface area contributed by atoms with E-state index >= 15 is 0 Å². The molecule has 3 aromatic carbocycles. The number of alkyl halides is 1. The van der Waals surface area contributed by atoms with Gasteiger partial charge in [-0.1, -0.05) is 79.6 Å². The highest BCUT2D eigenvalue weighted by Gasteiger charge is 2.43. The van der Waals surface area contributed by atoms with Crippen molar-refractivity contribution in [2.24, 2.45) is 0 Å². The molecule has 158 valence electrons. The summed E-state index contributed by atoms with van der Waals surface area (Å²) in [5.41, 5.74) is 0. The van der Waals surface area contributed by atoms with E-state index in [1.165, 1.54) is 35.2 Å². The first-order valence-electron chi connectivity index (χ1n) is 10.6. The molecule has 0 aliphatic carbocycles. The third kappa shape index (κ3) is 6.67. The molecule has 0 bridgehead atoms. The minimum Gasteiger partial charge on any atom is -1.00 e. The minimum absolute atomic E-state index is 0. The third-order valence-electron chi connectivity index (χ3n) is 5.39. The van der Waals surface area contributed by atoms with Crippen LogP contribution in [0.15, 0.2) is 103 Å².